The van der Waals surface area contributed by atoms with Gasteiger partial charge in [-0.2, -0.15) is 0 Å². The molecule has 1 spiro atoms. The van der Waals surface area contributed by atoms with E-state index >= 15 is 0 Å². The molecule has 0 radical (unpaired) electrons. The van der Waals surface area contributed by atoms with E-state index < -0.39 is 41.1 Å². The van der Waals surface area contributed by atoms with Crippen molar-refractivity contribution in [3.8, 4) is 0 Å². The third-order valence-electron chi connectivity index (χ3n) is 8.70. The average molecular weight is 523 g/mol. The predicted molar refractivity (Wildman–Crippen MR) is 141 cm³/mol. The number of amides is 2. The Morgan fingerprint density at radius 1 is 1.03 bits per heavy atom. The molecule has 204 valence electrons. The minimum absolute atomic E-state index is 0.242. The fraction of sp³-hybridized carbons (Fsp3) is 0.567. The Kier molecular flexibility index (Phi) is 7.47. The molecule has 4 aliphatic heterocycles. The summed E-state index contributed by atoms with van der Waals surface area (Å²) >= 11 is 0. The van der Waals surface area contributed by atoms with Gasteiger partial charge >= 0.3 is 5.97 Å². The number of carbonyl (C=O) groups is 3. The highest BCUT2D eigenvalue weighted by atomic mass is 16.6. The van der Waals surface area contributed by atoms with Crippen LogP contribution in [0.5, 0.6) is 0 Å². The van der Waals surface area contributed by atoms with E-state index in [1.165, 1.54) is 4.90 Å². The van der Waals surface area contributed by atoms with Crippen LogP contribution in [0.1, 0.15) is 51.5 Å². The maximum atomic E-state index is 14.4. The minimum atomic E-state index is -1.35. The molecule has 8 heteroatoms. The molecule has 0 aliphatic carbocycles. The number of aliphatic hydroxyl groups excluding tert-OH is 1. The number of nitrogens with zero attached hydrogens (tertiary/aromatic N) is 2. The first-order valence-corrected chi connectivity index (χ1v) is 13.9. The van der Waals surface area contributed by atoms with Gasteiger partial charge in [-0.15, -0.1) is 0 Å². The second-order valence-corrected chi connectivity index (χ2v) is 10.8. The van der Waals surface area contributed by atoms with Crippen LogP contribution < -0.4 is 0 Å². The van der Waals surface area contributed by atoms with Crippen LogP contribution >= 0.6 is 0 Å². The summed E-state index contributed by atoms with van der Waals surface area (Å²) in [6.07, 6.45) is 11.1. The van der Waals surface area contributed by atoms with E-state index in [2.05, 4.69) is 0 Å². The van der Waals surface area contributed by atoms with Gasteiger partial charge in [-0.3, -0.25) is 14.4 Å². The van der Waals surface area contributed by atoms with Crippen molar-refractivity contribution in [2.75, 3.05) is 19.8 Å². The van der Waals surface area contributed by atoms with Gasteiger partial charge in [0, 0.05) is 13.1 Å². The van der Waals surface area contributed by atoms with Crippen molar-refractivity contribution < 1.29 is 29.0 Å². The molecule has 6 atom stereocenters. The number of fused-ring (bicyclic) bond motifs is 2. The molecule has 2 fully saturated rings. The molecule has 1 unspecified atom stereocenters. The van der Waals surface area contributed by atoms with Gasteiger partial charge in [0.2, 0.25) is 11.8 Å². The third kappa shape index (κ3) is 4.18. The molecule has 38 heavy (non-hydrogen) atoms. The maximum Gasteiger partial charge on any atom is 0.313 e. The average Bonchev–Trinajstić information content (AvgIpc) is 3.29. The number of rotatable bonds is 6. The quantitative estimate of drug-likeness (QED) is 0.456. The van der Waals surface area contributed by atoms with Crippen LogP contribution in [-0.4, -0.2) is 75.7 Å². The van der Waals surface area contributed by atoms with Gasteiger partial charge in [-0.25, -0.2) is 0 Å². The number of ether oxygens (including phenoxy) is 2. The number of benzene rings is 1. The molecule has 1 aromatic carbocycles. The Morgan fingerprint density at radius 3 is 2.53 bits per heavy atom. The lowest BCUT2D eigenvalue weighted by atomic mass is 9.73. The summed E-state index contributed by atoms with van der Waals surface area (Å²) in [5, 5.41) is 10.3. The van der Waals surface area contributed by atoms with E-state index in [0.29, 0.717) is 25.9 Å². The van der Waals surface area contributed by atoms with Crippen molar-refractivity contribution in [3.05, 3.63) is 60.2 Å². The van der Waals surface area contributed by atoms with Crippen molar-refractivity contribution in [2.45, 2.75) is 75.8 Å². The lowest BCUT2D eigenvalue weighted by Crippen LogP contribution is -2.58. The lowest BCUT2D eigenvalue weighted by molar-refractivity contribution is -0.163. The highest BCUT2D eigenvalue weighted by Crippen LogP contribution is 2.58. The summed E-state index contributed by atoms with van der Waals surface area (Å²) in [4.78, 5) is 45.6. The standard InChI is InChI=1S/C30H38N2O6/c1-3-22(20-33)32-25-27(35)31(19-21-13-8-7-9-14-21)17-12-16-30(25)23(26(32)34)24-28(36)37-18-11-6-5-10-15-29(24,4-2)38-30/h7-10,12-16,22-25,33H,3-6,11,17-20H2,1-2H3/b15-10-/t22-,23-,24-,25?,29+,30-/m0/s1. The van der Waals surface area contributed by atoms with Gasteiger partial charge in [0.1, 0.15) is 23.2 Å². The highest BCUT2D eigenvalue weighted by molar-refractivity contribution is 5.99. The summed E-state index contributed by atoms with van der Waals surface area (Å²) in [5.74, 6) is -2.86. The maximum absolute atomic E-state index is 14.4. The summed E-state index contributed by atoms with van der Waals surface area (Å²) in [6.45, 7) is 4.56. The molecular weight excluding hydrogens is 484 g/mol. The molecule has 8 nitrogen and oxygen atoms in total. The highest BCUT2D eigenvalue weighted by Gasteiger charge is 2.75. The van der Waals surface area contributed by atoms with E-state index in [1.54, 1.807) is 4.90 Å². The van der Waals surface area contributed by atoms with Crippen molar-refractivity contribution in [2.24, 2.45) is 11.8 Å². The summed E-state index contributed by atoms with van der Waals surface area (Å²) in [6, 6.07) is 8.15. The SMILES string of the molecule is CC[C@@H](CO)N1C(=O)[C@@H]2[C@H]3C(=O)OCCCC/C=C\[C@@]3(CC)O[C@@]23C=CCN(Cc2ccccc2)C(=O)C13. The van der Waals surface area contributed by atoms with Crippen LogP contribution in [0.4, 0.5) is 0 Å². The topological polar surface area (TPSA) is 96.4 Å². The van der Waals surface area contributed by atoms with Crippen LogP contribution in [-0.2, 0) is 30.4 Å². The zero-order valence-corrected chi connectivity index (χ0v) is 22.3. The van der Waals surface area contributed by atoms with Gasteiger partial charge in [0.25, 0.3) is 0 Å². The van der Waals surface area contributed by atoms with Gasteiger partial charge in [0.15, 0.2) is 0 Å². The van der Waals surface area contributed by atoms with Crippen molar-refractivity contribution in [1.29, 1.82) is 0 Å². The molecule has 2 saturated heterocycles. The number of hydrogen-bond donors (Lipinski definition) is 1. The Balaban J connectivity index is 1.64. The third-order valence-corrected chi connectivity index (χ3v) is 8.70. The van der Waals surface area contributed by atoms with E-state index in [1.807, 2.05) is 68.5 Å². The van der Waals surface area contributed by atoms with Crippen molar-refractivity contribution in [1.82, 2.24) is 9.80 Å². The summed E-state index contributed by atoms with van der Waals surface area (Å²) in [7, 11) is 0. The fourth-order valence-corrected chi connectivity index (χ4v) is 6.78. The second-order valence-electron chi connectivity index (χ2n) is 10.8. The van der Waals surface area contributed by atoms with E-state index in [-0.39, 0.29) is 25.0 Å². The Labute approximate surface area is 224 Å². The largest absolute Gasteiger partial charge is 0.465 e. The predicted octanol–water partition coefficient (Wildman–Crippen LogP) is 3.00. The Bertz CT molecular complexity index is 1110. The van der Waals surface area contributed by atoms with E-state index in [9.17, 15) is 19.5 Å². The lowest BCUT2D eigenvalue weighted by Gasteiger charge is -2.40. The molecule has 4 aliphatic rings. The van der Waals surface area contributed by atoms with Crippen LogP contribution in [0, 0.1) is 11.8 Å². The summed E-state index contributed by atoms with van der Waals surface area (Å²) in [5.41, 5.74) is -1.44. The van der Waals surface area contributed by atoms with Gasteiger partial charge in [-0.05, 0) is 37.7 Å². The molecule has 0 bridgehead atoms. The van der Waals surface area contributed by atoms with Crippen molar-refractivity contribution in [3.63, 3.8) is 0 Å². The number of cyclic esters (lactones) is 1. The summed E-state index contributed by atoms with van der Waals surface area (Å²) < 4.78 is 12.6. The molecule has 1 N–H and O–H groups in total. The Morgan fingerprint density at radius 2 is 1.82 bits per heavy atom. The second kappa shape index (κ2) is 10.7. The zero-order valence-electron chi connectivity index (χ0n) is 22.3. The number of esters is 1. The monoisotopic (exact) mass is 522 g/mol. The molecule has 5 rings (SSSR count). The smallest absolute Gasteiger partial charge is 0.313 e. The Hall–Kier alpha value is -2.97. The number of carbonyl (C=O) groups excluding carboxylic acids is 3. The molecule has 2 amide bonds. The van der Waals surface area contributed by atoms with Gasteiger partial charge < -0.3 is 24.4 Å². The fourth-order valence-electron chi connectivity index (χ4n) is 6.78. The first-order valence-electron chi connectivity index (χ1n) is 13.9. The van der Waals surface area contributed by atoms with Crippen LogP contribution in [0.2, 0.25) is 0 Å². The molecule has 4 heterocycles. The number of likely N-dealkylation sites (tertiary alicyclic amines) is 1. The molecule has 0 saturated carbocycles. The first-order chi connectivity index (χ1) is 18.4. The van der Waals surface area contributed by atoms with E-state index in [4.69, 9.17) is 9.47 Å². The zero-order chi connectivity index (χ0) is 26.9. The number of aliphatic hydroxyl groups is 1. The minimum Gasteiger partial charge on any atom is -0.465 e. The first kappa shape index (κ1) is 26.6. The van der Waals surface area contributed by atoms with Crippen molar-refractivity contribution >= 4 is 17.8 Å². The normalized spacial score (nSPS) is 34.7. The van der Waals surface area contributed by atoms with Gasteiger partial charge in [-0.1, -0.05) is 68.5 Å². The van der Waals surface area contributed by atoms with E-state index in [0.717, 1.165) is 24.8 Å². The number of allylic oxidation sites excluding steroid dienone is 1. The number of hydrogen-bond acceptors (Lipinski definition) is 6. The van der Waals surface area contributed by atoms with Crippen LogP contribution in [0.3, 0.4) is 0 Å². The molecular formula is C30H38N2O6. The molecule has 0 aromatic heterocycles. The van der Waals surface area contributed by atoms with Crippen LogP contribution in [0.25, 0.3) is 0 Å². The van der Waals surface area contributed by atoms with Crippen LogP contribution in [0.15, 0.2) is 54.6 Å². The van der Waals surface area contributed by atoms with Gasteiger partial charge in [0.05, 0.1) is 25.2 Å². The molecule has 1 aromatic rings.